The molecule has 0 aliphatic carbocycles. The maximum Gasteiger partial charge on any atom is 1.00 e. The number of thioether (sulfide) groups is 1. The first kappa shape index (κ1) is 16.7. The third-order valence-electron chi connectivity index (χ3n) is 1.53. The van der Waals surface area contributed by atoms with Crippen LogP contribution in [0.1, 0.15) is 41.0 Å². The van der Waals surface area contributed by atoms with E-state index in [9.17, 15) is 0 Å². The Balaban J connectivity index is -0.000000605. The fraction of sp³-hybridized carbons (Fsp3) is 0.889. The Kier molecular flexibility index (Phi) is 17.0. The Bertz CT molecular complexity index is 113. The Hall–Kier alpha value is 1.24. The van der Waals surface area contributed by atoms with Crippen molar-refractivity contribution in [2.24, 2.45) is 0 Å². The van der Waals surface area contributed by atoms with Crippen LogP contribution in [-0.2, 0) is 0 Å². The van der Waals surface area contributed by atoms with E-state index < -0.39 is 0 Å². The van der Waals surface area contributed by atoms with Gasteiger partial charge in [0, 0.05) is 12.3 Å². The summed E-state index contributed by atoms with van der Waals surface area (Å²) < 4.78 is 0.969. The van der Waals surface area contributed by atoms with Crippen LogP contribution in [0, 0.1) is 0 Å². The maximum absolute atomic E-state index is 5.13. The summed E-state index contributed by atoms with van der Waals surface area (Å²) in [6, 6.07) is 0. The zero-order chi connectivity index (χ0) is 9.23. The first-order valence-corrected chi connectivity index (χ1v) is 6.11. The second kappa shape index (κ2) is 13.2. The van der Waals surface area contributed by atoms with E-state index in [-0.39, 0.29) is 31.0 Å². The van der Waals surface area contributed by atoms with Crippen molar-refractivity contribution in [1.29, 1.82) is 0 Å². The standard InChI is InChI=1S/C9H19NS2.Na.H/c1-3-5-7-10-9(11)12-8-6-4-2;;/h3-8H2,1-2H3,(H,10,11);;/q;+1;-1. The van der Waals surface area contributed by atoms with Crippen LogP contribution in [0.2, 0.25) is 0 Å². The molecular weight excluding hydrogens is 209 g/mol. The van der Waals surface area contributed by atoms with Gasteiger partial charge in [0.2, 0.25) is 0 Å². The van der Waals surface area contributed by atoms with Crippen molar-refractivity contribution >= 4 is 28.3 Å². The minimum absolute atomic E-state index is 0. The molecule has 0 aliphatic rings. The van der Waals surface area contributed by atoms with Crippen molar-refractivity contribution in [2.75, 3.05) is 12.3 Å². The van der Waals surface area contributed by atoms with Crippen LogP contribution in [0.3, 0.4) is 0 Å². The molecule has 0 rings (SSSR count). The van der Waals surface area contributed by atoms with Crippen molar-refractivity contribution in [3.63, 3.8) is 0 Å². The topological polar surface area (TPSA) is 12.0 Å². The molecule has 0 fully saturated rings. The van der Waals surface area contributed by atoms with Gasteiger partial charge < -0.3 is 6.74 Å². The van der Waals surface area contributed by atoms with E-state index in [0.717, 1.165) is 16.6 Å². The molecule has 0 unspecified atom stereocenters. The number of thiocarbonyl (C=S) groups is 1. The monoisotopic (exact) mass is 229 g/mol. The molecule has 0 aromatic heterocycles. The third-order valence-corrected chi connectivity index (χ3v) is 2.93. The van der Waals surface area contributed by atoms with Gasteiger partial charge >= 0.3 is 29.6 Å². The summed E-state index contributed by atoms with van der Waals surface area (Å²) >= 11 is 6.90. The molecule has 0 heterocycles. The van der Waals surface area contributed by atoms with Crippen LogP contribution >= 0.6 is 24.0 Å². The van der Waals surface area contributed by atoms with E-state index in [1.807, 2.05) is 0 Å². The van der Waals surface area contributed by atoms with Gasteiger partial charge in [-0.15, -0.1) is 0 Å². The second-order valence-corrected chi connectivity index (χ2v) is 4.54. The van der Waals surface area contributed by atoms with Gasteiger partial charge in [0.1, 0.15) is 4.32 Å². The summed E-state index contributed by atoms with van der Waals surface area (Å²) in [5.74, 6) is 1.16. The van der Waals surface area contributed by atoms with Crippen LogP contribution in [0.5, 0.6) is 0 Å². The molecule has 13 heavy (non-hydrogen) atoms. The molecule has 0 spiro atoms. The third kappa shape index (κ3) is 13.2. The minimum atomic E-state index is 0. The zero-order valence-corrected chi connectivity index (χ0v) is 12.7. The molecule has 0 saturated heterocycles. The number of rotatable bonds is 6. The number of unbranched alkanes of at least 4 members (excludes halogenated alkanes) is 2. The van der Waals surface area contributed by atoms with Gasteiger partial charge in [-0.3, -0.25) is 0 Å². The van der Waals surface area contributed by atoms with Gasteiger partial charge in [-0.25, -0.2) is 0 Å². The molecule has 4 heteroatoms. The van der Waals surface area contributed by atoms with Gasteiger partial charge in [0.15, 0.2) is 0 Å². The minimum Gasteiger partial charge on any atom is -1.00 e. The largest absolute Gasteiger partial charge is 1.00 e. The van der Waals surface area contributed by atoms with Crippen LogP contribution in [0.4, 0.5) is 0 Å². The van der Waals surface area contributed by atoms with Crippen molar-refractivity contribution in [3.8, 4) is 0 Å². The fourth-order valence-corrected chi connectivity index (χ4v) is 1.90. The Morgan fingerprint density at radius 2 is 1.92 bits per heavy atom. The van der Waals surface area contributed by atoms with Gasteiger partial charge in [-0.1, -0.05) is 50.7 Å². The van der Waals surface area contributed by atoms with E-state index in [1.165, 1.54) is 25.7 Å². The van der Waals surface area contributed by atoms with Crippen molar-refractivity contribution in [1.82, 2.24) is 5.32 Å². The van der Waals surface area contributed by atoms with Crippen LogP contribution in [-0.4, -0.2) is 16.6 Å². The predicted molar refractivity (Wildman–Crippen MR) is 64.0 cm³/mol. The molecule has 0 saturated carbocycles. The first-order chi connectivity index (χ1) is 5.81. The van der Waals surface area contributed by atoms with Crippen molar-refractivity contribution in [2.45, 2.75) is 39.5 Å². The molecule has 0 bridgehead atoms. The fourth-order valence-electron chi connectivity index (χ4n) is 0.727. The number of hydrogen-bond donors (Lipinski definition) is 1. The normalized spacial score (nSPS) is 9.08. The molecule has 0 amide bonds. The average Bonchev–Trinajstić information content (AvgIpc) is 2.06. The summed E-state index contributed by atoms with van der Waals surface area (Å²) in [6.07, 6.45) is 4.97. The summed E-state index contributed by atoms with van der Waals surface area (Å²) in [4.78, 5) is 0. The summed E-state index contributed by atoms with van der Waals surface area (Å²) in [7, 11) is 0. The molecule has 1 N–H and O–H groups in total. The first-order valence-electron chi connectivity index (χ1n) is 4.71. The molecule has 0 aliphatic heterocycles. The van der Waals surface area contributed by atoms with Gasteiger partial charge in [-0.05, 0) is 12.8 Å². The molecular formula is C9H20NNaS2. The molecule has 0 atom stereocenters. The summed E-state index contributed by atoms with van der Waals surface area (Å²) in [6.45, 7) is 5.43. The van der Waals surface area contributed by atoms with Crippen molar-refractivity contribution in [3.05, 3.63) is 0 Å². The van der Waals surface area contributed by atoms with E-state index in [4.69, 9.17) is 12.2 Å². The molecule has 0 aromatic rings. The summed E-state index contributed by atoms with van der Waals surface area (Å²) in [5.41, 5.74) is 0. The van der Waals surface area contributed by atoms with Gasteiger partial charge in [0.05, 0.1) is 0 Å². The van der Waals surface area contributed by atoms with Crippen LogP contribution in [0.25, 0.3) is 0 Å². The van der Waals surface area contributed by atoms with E-state index in [0.29, 0.717) is 0 Å². The predicted octanol–water partition coefficient (Wildman–Crippen LogP) is 0.311. The smallest absolute Gasteiger partial charge is 1.00 e. The van der Waals surface area contributed by atoms with E-state index in [2.05, 4.69) is 19.2 Å². The summed E-state index contributed by atoms with van der Waals surface area (Å²) in [5, 5.41) is 3.24. The quantitative estimate of drug-likeness (QED) is 0.400. The Morgan fingerprint density at radius 3 is 2.46 bits per heavy atom. The second-order valence-electron chi connectivity index (χ2n) is 2.77. The SMILES string of the molecule is CCCCNC(=S)SCCCC.[H-].[Na+]. The van der Waals surface area contributed by atoms with Gasteiger partial charge in [-0.2, -0.15) is 0 Å². The molecule has 74 valence electrons. The number of nitrogens with one attached hydrogen (secondary N) is 1. The average molecular weight is 229 g/mol. The van der Waals surface area contributed by atoms with E-state index in [1.54, 1.807) is 11.8 Å². The van der Waals surface area contributed by atoms with Gasteiger partial charge in [0.25, 0.3) is 0 Å². The Morgan fingerprint density at radius 1 is 1.31 bits per heavy atom. The molecule has 0 aromatic carbocycles. The zero-order valence-electron chi connectivity index (χ0n) is 10.1. The van der Waals surface area contributed by atoms with Crippen LogP contribution < -0.4 is 34.9 Å². The van der Waals surface area contributed by atoms with Crippen molar-refractivity contribution < 1.29 is 31.0 Å². The number of hydrogen-bond acceptors (Lipinski definition) is 2. The maximum atomic E-state index is 5.13. The molecule has 0 radical (unpaired) electrons. The molecule has 1 nitrogen and oxygen atoms in total. The van der Waals surface area contributed by atoms with E-state index >= 15 is 0 Å². The van der Waals surface area contributed by atoms with Crippen LogP contribution in [0.15, 0.2) is 0 Å². The Labute approximate surface area is 116 Å².